The Labute approximate surface area is 191 Å². The molecule has 0 atom stereocenters. The first-order chi connectivity index (χ1) is 15.0. The summed E-state index contributed by atoms with van der Waals surface area (Å²) in [5.74, 6) is -0.785. The summed E-state index contributed by atoms with van der Waals surface area (Å²) in [5, 5.41) is 6.11. The van der Waals surface area contributed by atoms with Gasteiger partial charge in [0.1, 0.15) is 9.88 Å². The largest absolute Gasteiger partial charge is 0.416 e. The number of halogens is 4. The Balaban J connectivity index is 1.82. The molecule has 0 aliphatic rings. The lowest BCUT2D eigenvalue weighted by atomic mass is 10.1. The number of benzene rings is 2. The average Bonchev–Trinajstić information content (AvgIpc) is 3.10. The standard InChI is InChI=1S/C22H19ClF3N3O2S/c1-11(2)27-19(30)14-6-9-16(23)17(10-14)29-20(31)18-12(3)28-21(32-18)13-4-7-15(8-5-13)22(24,25)26/h4-11H,1-3H3,(H,27,30)(H,29,31). The van der Waals surface area contributed by atoms with Gasteiger partial charge in [-0.1, -0.05) is 23.7 Å². The van der Waals surface area contributed by atoms with Crippen LogP contribution in [0.1, 0.15) is 45.1 Å². The van der Waals surface area contributed by atoms with Gasteiger partial charge in [-0.25, -0.2) is 4.98 Å². The summed E-state index contributed by atoms with van der Waals surface area (Å²) in [7, 11) is 0. The van der Waals surface area contributed by atoms with Crippen molar-refractivity contribution in [2.45, 2.75) is 33.0 Å². The van der Waals surface area contributed by atoms with Gasteiger partial charge in [0.15, 0.2) is 0 Å². The molecule has 0 fully saturated rings. The van der Waals surface area contributed by atoms with E-state index in [-0.39, 0.29) is 27.5 Å². The fourth-order valence-electron chi connectivity index (χ4n) is 2.82. The summed E-state index contributed by atoms with van der Waals surface area (Å²) in [6, 6.07) is 9.06. The monoisotopic (exact) mass is 481 g/mol. The Morgan fingerprint density at radius 3 is 2.31 bits per heavy atom. The number of nitrogens with zero attached hydrogens (tertiary/aromatic N) is 1. The van der Waals surface area contributed by atoms with Crippen molar-refractivity contribution >= 4 is 40.4 Å². The number of hydrogen-bond donors (Lipinski definition) is 2. The molecule has 0 bridgehead atoms. The zero-order chi connectivity index (χ0) is 23.6. The molecule has 5 nitrogen and oxygen atoms in total. The molecule has 2 amide bonds. The van der Waals surface area contributed by atoms with Gasteiger partial charge in [0.25, 0.3) is 11.8 Å². The highest BCUT2D eigenvalue weighted by Gasteiger charge is 2.30. The maximum Gasteiger partial charge on any atom is 0.416 e. The van der Waals surface area contributed by atoms with Crippen molar-refractivity contribution in [2.75, 3.05) is 5.32 Å². The summed E-state index contributed by atoms with van der Waals surface area (Å²) in [6.07, 6.45) is -4.43. The minimum absolute atomic E-state index is 0.0559. The number of nitrogens with one attached hydrogen (secondary N) is 2. The van der Waals surface area contributed by atoms with Crippen LogP contribution in [0.2, 0.25) is 5.02 Å². The number of carbonyl (C=O) groups excluding carboxylic acids is 2. The van der Waals surface area contributed by atoms with E-state index in [4.69, 9.17) is 11.6 Å². The lowest BCUT2D eigenvalue weighted by Gasteiger charge is -2.11. The number of carbonyl (C=O) groups is 2. The number of rotatable bonds is 5. The molecule has 0 spiro atoms. The molecule has 0 saturated carbocycles. The summed E-state index contributed by atoms with van der Waals surface area (Å²) in [4.78, 5) is 29.7. The molecule has 0 aliphatic carbocycles. The van der Waals surface area contributed by atoms with E-state index in [2.05, 4.69) is 15.6 Å². The van der Waals surface area contributed by atoms with Crippen LogP contribution in [0.4, 0.5) is 18.9 Å². The minimum Gasteiger partial charge on any atom is -0.350 e. The highest BCUT2D eigenvalue weighted by atomic mass is 35.5. The zero-order valence-electron chi connectivity index (χ0n) is 17.3. The van der Waals surface area contributed by atoms with Crippen LogP contribution in [0.25, 0.3) is 10.6 Å². The van der Waals surface area contributed by atoms with Crippen molar-refractivity contribution in [3.05, 3.63) is 69.2 Å². The smallest absolute Gasteiger partial charge is 0.350 e. The third kappa shape index (κ3) is 5.46. The summed E-state index contributed by atoms with van der Waals surface area (Å²) in [6.45, 7) is 5.29. The molecular weight excluding hydrogens is 463 g/mol. The third-order valence-corrected chi connectivity index (χ3v) is 5.89. The molecule has 2 aromatic carbocycles. The van der Waals surface area contributed by atoms with Crippen molar-refractivity contribution < 1.29 is 22.8 Å². The number of anilines is 1. The molecule has 0 saturated heterocycles. The van der Waals surface area contributed by atoms with Gasteiger partial charge in [0.05, 0.1) is 22.0 Å². The summed E-state index contributed by atoms with van der Waals surface area (Å²) >= 11 is 7.23. The molecule has 32 heavy (non-hydrogen) atoms. The second-order valence-electron chi connectivity index (χ2n) is 7.29. The Morgan fingerprint density at radius 2 is 1.72 bits per heavy atom. The van der Waals surface area contributed by atoms with E-state index in [1.807, 2.05) is 13.8 Å². The van der Waals surface area contributed by atoms with Crippen LogP contribution in [-0.2, 0) is 6.18 Å². The molecule has 3 rings (SSSR count). The topological polar surface area (TPSA) is 71.1 Å². The van der Waals surface area contributed by atoms with Gasteiger partial charge in [0, 0.05) is 17.2 Å². The van der Waals surface area contributed by atoms with Crippen molar-refractivity contribution in [3.8, 4) is 10.6 Å². The predicted octanol–water partition coefficient (Wildman–Crippen LogP) is 6.18. The van der Waals surface area contributed by atoms with Crippen LogP contribution in [0.15, 0.2) is 42.5 Å². The van der Waals surface area contributed by atoms with Gasteiger partial charge in [-0.15, -0.1) is 11.3 Å². The van der Waals surface area contributed by atoms with Gasteiger partial charge in [0.2, 0.25) is 0 Å². The van der Waals surface area contributed by atoms with Crippen LogP contribution < -0.4 is 10.6 Å². The molecule has 3 aromatic rings. The maximum atomic E-state index is 12.8. The quantitative estimate of drug-likeness (QED) is 0.457. The zero-order valence-corrected chi connectivity index (χ0v) is 18.9. The first-order valence-electron chi connectivity index (χ1n) is 9.52. The van der Waals surface area contributed by atoms with Crippen LogP contribution in [0.3, 0.4) is 0 Å². The highest BCUT2D eigenvalue weighted by molar-refractivity contribution is 7.17. The van der Waals surface area contributed by atoms with Crippen LogP contribution >= 0.6 is 22.9 Å². The number of thiazole rings is 1. The number of amides is 2. The lowest BCUT2D eigenvalue weighted by Crippen LogP contribution is -2.30. The third-order valence-electron chi connectivity index (χ3n) is 4.36. The lowest BCUT2D eigenvalue weighted by molar-refractivity contribution is -0.137. The predicted molar refractivity (Wildman–Crippen MR) is 119 cm³/mol. The summed E-state index contributed by atoms with van der Waals surface area (Å²) in [5.41, 5.74) is 0.730. The van der Waals surface area contributed by atoms with Crippen LogP contribution in [-0.4, -0.2) is 22.8 Å². The van der Waals surface area contributed by atoms with Crippen molar-refractivity contribution in [1.82, 2.24) is 10.3 Å². The summed E-state index contributed by atoms with van der Waals surface area (Å²) < 4.78 is 38.3. The number of aromatic nitrogens is 1. The van der Waals surface area contributed by atoms with E-state index < -0.39 is 17.6 Å². The Morgan fingerprint density at radius 1 is 1.06 bits per heavy atom. The van der Waals surface area contributed by atoms with E-state index in [1.165, 1.54) is 24.3 Å². The van der Waals surface area contributed by atoms with Gasteiger partial charge in [-0.05, 0) is 51.1 Å². The molecule has 0 aliphatic heterocycles. The van der Waals surface area contributed by atoms with Gasteiger partial charge in [-0.2, -0.15) is 13.2 Å². The van der Waals surface area contributed by atoms with Gasteiger partial charge in [-0.3, -0.25) is 9.59 Å². The number of hydrogen-bond acceptors (Lipinski definition) is 4. The maximum absolute atomic E-state index is 12.8. The van der Waals surface area contributed by atoms with Gasteiger partial charge < -0.3 is 10.6 Å². The fraction of sp³-hybridized carbons (Fsp3) is 0.227. The van der Waals surface area contributed by atoms with E-state index in [9.17, 15) is 22.8 Å². The second kappa shape index (κ2) is 9.30. The van der Waals surface area contributed by atoms with Crippen molar-refractivity contribution in [1.29, 1.82) is 0 Å². The minimum atomic E-state index is -4.43. The fourth-order valence-corrected chi connectivity index (χ4v) is 3.95. The Kier molecular flexibility index (Phi) is 6.90. The van der Waals surface area contributed by atoms with E-state index in [0.717, 1.165) is 23.5 Å². The first-order valence-corrected chi connectivity index (χ1v) is 10.7. The van der Waals surface area contributed by atoms with Crippen molar-refractivity contribution in [3.63, 3.8) is 0 Å². The molecular formula is C22H19ClF3N3O2S. The first kappa shape index (κ1) is 23.7. The normalized spacial score (nSPS) is 11.5. The molecule has 0 unspecified atom stereocenters. The Hall–Kier alpha value is -2.91. The number of alkyl halides is 3. The van der Waals surface area contributed by atoms with Gasteiger partial charge >= 0.3 is 6.18 Å². The van der Waals surface area contributed by atoms with Crippen LogP contribution in [0.5, 0.6) is 0 Å². The molecule has 1 heterocycles. The van der Waals surface area contributed by atoms with E-state index in [0.29, 0.717) is 21.8 Å². The molecule has 1 aromatic heterocycles. The average molecular weight is 482 g/mol. The Bertz CT molecular complexity index is 1160. The second-order valence-corrected chi connectivity index (χ2v) is 8.69. The molecule has 10 heteroatoms. The van der Waals surface area contributed by atoms with E-state index >= 15 is 0 Å². The molecule has 0 radical (unpaired) electrons. The highest BCUT2D eigenvalue weighted by Crippen LogP contribution is 2.33. The van der Waals surface area contributed by atoms with Crippen molar-refractivity contribution in [2.24, 2.45) is 0 Å². The molecule has 168 valence electrons. The molecule has 2 N–H and O–H groups in total. The SMILES string of the molecule is Cc1nc(-c2ccc(C(F)(F)F)cc2)sc1C(=O)Nc1cc(C(=O)NC(C)C)ccc1Cl. The number of aryl methyl sites for hydroxylation is 1. The van der Waals surface area contributed by atoms with Crippen LogP contribution in [0, 0.1) is 6.92 Å². The van der Waals surface area contributed by atoms with E-state index in [1.54, 1.807) is 13.0 Å².